The van der Waals surface area contributed by atoms with Crippen molar-refractivity contribution in [3.63, 3.8) is 0 Å². The molecule has 8 rings (SSSR count). The van der Waals surface area contributed by atoms with Crippen LogP contribution in [0.15, 0.2) is 60.8 Å². The molecular weight excluding hydrogens is 737 g/mol. The van der Waals surface area contributed by atoms with Crippen LogP contribution in [-0.2, 0) is 9.53 Å². The molecule has 3 heterocycles. The minimum atomic E-state index is -0.408. The monoisotopic (exact) mass is 798 g/mol. The van der Waals surface area contributed by atoms with Crippen LogP contribution in [-0.4, -0.2) is 76.2 Å². The van der Waals surface area contributed by atoms with Crippen molar-refractivity contribution in [2.75, 3.05) is 27.2 Å². The third kappa shape index (κ3) is 8.03. The highest BCUT2D eigenvalue weighted by atomic mass is 16.5. The summed E-state index contributed by atoms with van der Waals surface area (Å²) in [7, 11) is 3.27. The lowest BCUT2D eigenvalue weighted by atomic mass is 9.81. The molecule has 1 aliphatic heterocycles. The minimum Gasteiger partial charge on any atom is -0.453 e. The first kappa shape index (κ1) is 40.8. The van der Waals surface area contributed by atoms with Gasteiger partial charge in [0.1, 0.15) is 11.6 Å². The zero-order valence-corrected chi connectivity index (χ0v) is 35.6. The number of carbonyl (C=O) groups excluding carboxylic acids is 2. The molecule has 312 valence electrons. The van der Waals surface area contributed by atoms with E-state index in [1.807, 2.05) is 18.1 Å². The first-order valence-electron chi connectivity index (χ1n) is 21.9. The maximum atomic E-state index is 13.5. The Balaban J connectivity index is 1.05. The maximum absolute atomic E-state index is 13.5. The number of carbonyl (C=O) groups is 2. The number of hydrogen-bond donors (Lipinski definition) is 5. The molecule has 2 aliphatic carbocycles. The number of imidazole rings is 2. The SMILES string of the molecule is CN[C@H](C(=O)N1CCC[C@H]1c1ncc(-c2ccc(-c3ccc(-c4ccc5[nH]c(C(CCCN)C[C@@H](NC(=O)OC)C(C)C)nc5c4)c4c3[C@H]3CC[C@@H]4C3)cc2)[nH]1)C(C)C. The predicted molar refractivity (Wildman–Crippen MR) is 235 cm³/mol. The van der Waals surface area contributed by atoms with Crippen molar-refractivity contribution in [3.05, 3.63) is 83.6 Å². The normalized spacial score (nSPS) is 20.1. The molecule has 2 bridgehead atoms. The maximum Gasteiger partial charge on any atom is 0.407 e. The van der Waals surface area contributed by atoms with Gasteiger partial charge < -0.3 is 36.0 Å². The van der Waals surface area contributed by atoms with Gasteiger partial charge in [-0.15, -0.1) is 0 Å². The van der Waals surface area contributed by atoms with Crippen LogP contribution in [0, 0.1) is 11.8 Å². The number of H-pyrrole nitrogens is 2. The standard InChI is InChI=1S/C48H62N8O3/c1-27(2)38(55-48(58)59-6)25-34(9-7-21-49)45-52-37-20-17-31(24-39(37)53-45)36-19-18-35(42-32-15-16-33(23-32)43(36)42)29-11-13-30(14-12-29)40-26-51-46(54-40)41-10-8-22-56(41)47(57)44(50-5)28(3)4/h11-14,17-20,24,26-28,32-34,38,41,44,50H,7-10,15-16,21-23,25,49H2,1-6H3,(H,51,54)(H,52,53)(H,55,58)/t32-,33+,34?,38+,41-,44-/m0/s1. The van der Waals surface area contributed by atoms with E-state index in [1.165, 1.54) is 59.8 Å². The third-order valence-corrected chi connectivity index (χ3v) is 13.5. The van der Waals surface area contributed by atoms with E-state index in [1.54, 1.807) is 0 Å². The van der Waals surface area contributed by atoms with E-state index < -0.39 is 6.09 Å². The van der Waals surface area contributed by atoms with Crippen molar-refractivity contribution >= 4 is 23.0 Å². The smallest absolute Gasteiger partial charge is 0.407 e. The second kappa shape index (κ2) is 17.3. The topological polar surface area (TPSA) is 154 Å². The number of rotatable bonds is 15. The molecule has 1 unspecified atom stereocenters. The average Bonchev–Trinajstić information content (AvgIpc) is 4.10. The van der Waals surface area contributed by atoms with Crippen LogP contribution >= 0.6 is 0 Å². The third-order valence-electron chi connectivity index (χ3n) is 13.5. The molecule has 2 fully saturated rings. The van der Waals surface area contributed by atoms with E-state index in [9.17, 15) is 9.59 Å². The fourth-order valence-corrected chi connectivity index (χ4v) is 10.4. The average molecular weight is 799 g/mol. The summed E-state index contributed by atoms with van der Waals surface area (Å²) in [5.74, 6) is 3.67. The summed E-state index contributed by atoms with van der Waals surface area (Å²) in [5, 5.41) is 6.26. The van der Waals surface area contributed by atoms with E-state index >= 15 is 0 Å². The van der Waals surface area contributed by atoms with Crippen molar-refractivity contribution in [3.8, 4) is 33.5 Å². The Kier molecular flexibility index (Phi) is 12.0. The molecule has 2 aromatic heterocycles. The first-order chi connectivity index (χ1) is 28.6. The number of amides is 2. The summed E-state index contributed by atoms with van der Waals surface area (Å²) >= 11 is 0. The first-order valence-corrected chi connectivity index (χ1v) is 21.9. The van der Waals surface area contributed by atoms with Gasteiger partial charge >= 0.3 is 6.09 Å². The van der Waals surface area contributed by atoms with Crippen molar-refractivity contribution in [1.29, 1.82) is 0 Å². The number of methoxy groups -OCH3 is 1. The lowest BCUT2D eigenvalue weighted by Crippen LogP contribution is -2.47. The lowest BCUT2D eigenvalue weighted by molar-refractivity contribution is -0.135. The molecule has 2 amide bonds. The van der Waals surface area contributed by atoms with Gasteiger partial charge in [-0.25, -0.2) is 14.8 Å². The molecule has 11 heteroatoms. The Bertz CT molecular complexity index is 2280. The van der Waals surface area contributed by atoms with Crippen molar-refractivity contribution in [1.82, 2.24) is 35.5 Å². The van der Waals surface area contributed by atoms with Gasteiger partial charge in [-0.1, -0.05) is 70.2 Å². The number of ether oxygens (including phenoxy) is 1. The Morgan fingerprint density at radius 2 is 1.61 bits per heavy atom. The van der Waals surface area contributed by atoms with Gasteiger partial charge in [-0.05, 0) is 140 Å². The fraction of sp³-hybridized carbons (Fsp3) is 0.500. The Hall–Kier alpha value is -5.00. The Morgan fingerprint density at radius 3 is 2.27 bits per heavy atom. The molecule has 59 heavy (non-hydrogen) atoms. The highest BCUT2D eigenvalue weighted by Crippen LogP contribution is 2.58. The van der Waals surface area contributed by atoms with Crippen LogP contribution in [0.4, 0.5) is 4.79 Å². The predicted octanol–water partition coefficient (Wildman–Crippen LogP) is 9.15. The zero-order valence-electron chi connectivity index (χ0n) is 35.6. The van der Waals surface area contributed by atoms with E-state index in [2.05, 4.69) is 103 Å². The van der Waals surface area contributed by atoms with Gasteiger partial charge in [0, 0.05) is 18.5 Å². The molecule has 0 spiro atoms. The highest BCUT2D eigenvalue weighted by Gasteiger charge is 2.41. The van der Waals surface area contributed by atoms with Gasteiger partial charge in [0.15, 0.2) is 0 Å². The van der Waals surface area contributed by atoms with Crippen molar-refractivity contribution < 1.29 is 14.3 Å². The van der Waals surface area contributed by atoms with Crippen molar-refractivity contribution in [2.24, 2.45) is 17.6 Å². The quantitative estimate of drug-likeness (QED) is 0.0708. The summed E-state index contributed by atoms with van der Waals surface area (Å²) in [6, 6.07) is 20.0. The summed E-state index contributed by atoms with van der Waals surface area (Å²) in [4.78, 5) is 44.9. The zero-order chi connectivity index (χ0) is 41.4. The summed E-state index contributed by atoms with van der Waals surface area (Å²) in [5.41, 5.74) is 18.1. The van der Waals surface area contributed by atoms with Crippen molar-refractivity contribution in [2.45, 2.75) is 115 Å². The molecule has 3 aliphatic rings. The number of aromatic nitrogens is 4. The second-order valence-corrected chi connectivity index (χ2v) is 17.9. The van der Waals surface area contributed by atoms with Gasteiger partial charge in [0.05, 0.1) is 42.1 Å². The summed E-state index contributed by atoms with van der Waals surface area (Å²) in [6.07, 6.45) is 9.61. The fourth-order valence-electron chi connectivity index (χ4n) is 10.4. The van der Waals surface area contributed by atoms with Gasteiger partial charge in [-0.2, -0.15) is 0 Å². The Labute approximate surface area is 348 Å². The number of likely N-dealkylation sites (N-methyl/N-ethyl adjacent to an activating group) is 1. The summed E-state index contributed by atoms with van der Waals surface area (Å²) in [6.45, 7) is 9.79. The summed E-state index contributed by atoms with van der Waals surface area (Å²) < 4.78 is 4.94. The lowest BCUT2D eigenvalue weighted by Gasteiger charge is -2.29. The number of alkyl carbamates (subject to hydrolysis) is 1. The van der Waals surface area contributed by atoms with Crippen LogP contribution in [0.5, 0.6) is 0 Å². The molecule has 6 atom stereocenters. The number of fused-ring (bicyclic) bond motifs is 6. The number of aromatic amines is 2. The highest BCUT2D eigenvalue weighted by molar-refractivity contribution is 5.86. The minimum absolute atomic E-state index is 0.0324. The van der Waals surface area contributed by atoms with E-state index in [4.69, 9.17) is 20.4 Å². The molecular formula is C48H62N8O3. The van der Waals surface area contributed by atoms with Crippen LogP contribution in [0.3, 0.4) is 0 Å². The van der Waals surface area contributed by atoms with Gasteiger partial charge in [-0.3, -0.25) is 4.79 Å². The molecule has 1 saturated heterocycles. The van der Waals surface area contributed by atoms with Gasteiger partial charge in [0.25, 0.3) is 0 Å². The van der Waals surface area contributed by atoms with Crippen LogP contribution in [0.25, 0.3) is 44.5 Å². The largest absolute Gasteiger partial charge is 0.453 e. The van der Waals surface area contributed by atoms with E-state index in [0.29, 0.717) is 18.4 Å². The van der Waals surface area contributed by atoms with Gasteiger partial charge in [0.2, 0.25) is 5.91 Å². The molecule has 5 aromatic rings. The molecule has 1 saturated carbocycles. The van der Waals surface area contributed by atoms with E-state index in [-0.39, 0.29) is 41.8 Å². The van der Waals surface area contributed by atoms with E-state index in [0.717, 1.165) is 72.6 Å². The molecule has 0 radical (unpaired) electrons. The number of nitrogens with one attached hydrogen (secondary N) is 4. The molecule has 6 N–H and O–H groups in total. The number of hydrogen-bond acceptors (Lipinski definition) is 7. The number of nitrogens with zero attached hydrogens (tertiary/aromatic N) is 3. The van der Waals surface area contributed by atoms with Crippen LogP contribution in [0.2, 0.25) is 0 Å². The van der Waals surface area contributed by atoms with Crippen LogP contribution < -0.4 is 16.4 Å². The number of nitrogens with two attached hydrogens (primary N) is 1. The number of likely N-dealkylation sites (tertiary alicyclic amines) is 1. The Morgan fingerprint density at radius 1 is 0.915 bits per heavy atom. The molecule has 3 aromatic carbocycles. The molecule has 11 nitrogen and oxygen atoms in total. The second-order valence-electron chi connectivity index (χ2n) is 17.9. The van der Waals surface area contributed by atoms with Crippen LogP contribution in [0.1, 0.15) is 126 Å². The number of benzene rings is 3.